The summed E-state index contributed by atoms with van der Waals surface area (Å²) in [5.41, 5.74) is 3.94. The largest absolute Gasteiger partial charge is 0.271 e. The lowest BCUT2D eigenvalue weighted by Gasteiger charge is -2.13. The lowest BCUT2D eigenvalue weighted by atomic mass is 10.2. The number of rotatable bonds is 4. The monoisotopic (exact) mass is 433 g/mol. The fraction of sp³-hybridized carbons (Fsp3) is 0.125. The molecular formula is C16H14Cl2FN3O4S. The van der Waals surface area contributed by atoms with E-state index in [1.54, 1.807) is 0 Å². The molecular weight excluding hydrogens is 420 g/mol. The van der Waals surface area contributed by atoms with Crippen LogP contribution >= 0.6 is 23.2 Å². The van der Waals surface area contributed by atoms with E-state index in [0.717, 1.165) is 22.5 Å². The topological polar surface area (TPSA) is 95.6 Å². The summed E-state index contributed by atoms with van der Waals surface area (Å²) in [5.74, 6) is -2.50. The van der Waals surface area contributed by atoms with Crippen LogP contribution in [0.15, 0.2) is 41.3 Å². The molecule has 2 aromatic rings. The number of sulfonamides is 1. The molecule has 0 saturated heterocycles. The van der Waals surface area contributed by atoms with E-state index >= 15 is 0 Å². The lowest BCUT2D eigenvalue weighted by Crippen LogP contribution is -2.41. The molecule has 0 spiro atoms. The van der Waals surface area contributed by atoms with Crippen molar-refractivity contribution in [2.24, 2.45) is 0 Å². The molecule has 0 aliphatic rings. The van der Waals surface area contributed by atoms with E-state index in [9.17, 15) is 22.4 Å². The van der Waals surface area contributed by atoms with Crippen molar-refractivity contribution < 1.29 is 22.4 Å². The van der Waals surface area contributed by atoms with Gasteiger partial charge in [-0.3, -0.25) is 20.4 Å². The first-order valence-electron chi connectivity index (χ1n) is 7.32. The number of halogens is 3. The second-order valence-corrected chi connectivity index (χ2v) is 8.44. The molecule has 2 amide bonds. The Labute approximate surface area is 165 Å². The minimum Gasteiger partial charge on any atom is -0.267 e. The van der Waals surface area contributed by atoms with E-state index in [4.69, 9.17) is 23.2 Å². The summed E-state index contributed by atoms with van der Waals surface area (Å²) in [6, 6.07) is 7.14. The maximum atomic E-state index is 13.5. The highest BCUT2D eigenvalue weighted by molar-refractivity contribution is 7.89. The Morgan fingerprint density at radius 1 is 1.00 bits per heavy atom. The lowest BCUT2D eigenvalue weighted by molar-refractivity contribution is 0.0846. The molecule has 0 aliphatic carbocycles. The Kier molecular flexibility index (Phi) is 6.42. The molecule has 0 aliphatic heterocycles. The summed E-state index contributed by atoms with van der Waals surface area (Å²) in [6.07, 6.45) is 0. The van der Waals surface area contributed by atoms with Crippen molar-refractivity contribution in [3.63, 3.8) is 0 Å². The number of nitrogens with zero attached hydrogens (tertiary/aromatic N) is 1. The summed E-state index contributed by atoms with van der Waals surface area (Å²) >= 11 is 11.4. The number of carbonyl (C=O) groups excluding carboxylic acids is 2. The maximum absolute atomic E-state index is 13.5. The van der Waals surface area contributed by atoms with Gasteiger partial charge in [0.1, 0.15) is 5.82 Å². The van der Waals surface area contributed by atoms with Crippen molar-refractivity contribution in [3.05, 3.63) is 63.4 Å². The smallest absolute Gasteiger partial charge is 0.267 e. The molecule has 0 fully saturated rings. The molecule has 2 N–H and O–H groups in total. The van der Waals surface area contributed by atoms with Gasteiger partial charge in [-0.1, -0.05) is 29.3 Å². The summed E-state index contributed by atoms with van der Waals surface area (Å²) in [7, 11) is -1.01. The van der Waals surface area contributed by atoms with Gasteiger partial charge >= 0.3 is 0 Å². The van der Waals surface area contributed by atoms with Gasteiger partial charge in [-0.05, 0) is 30.3 Å². The Morgan fingerprint density at radius 2 is 1.63 bits per heavy atom. The third-order valence-corrected chi connectivity index (χ3v) is 5.83. The standard InChI is InChI=1S/C16H14Cl2FN3O4S/c1-22(2)27(25,26)10-5-3-4-9(6-10)15(23)20-21-16(24)11-7-14(19)13(18)8-12(11)17/h3-8H,1-2H3,(H,20,23)(H,21,24). The number of hydrazine groups is 1. The Morgan fingerprint density at radius 3 is 2.26 bits per heavy atom. The van der Waals surface area contributed by atoms with Gasteiger partial charge in [-0.15, -0.1) is 0 Å². The zero-order valence-electron chi connectivity index (χ0n) is 14.1. The molecule has 0 atom stereocenters. The molecule has 0 unspecified atom stereocenters. The van der Waals surface area contributed by atoms with E-state index in [1.165, 1.54) is 32.3 Å². The average Bonchev–Trinajstić information content (AvgIpc) is 2.62. The molecule has 2 rings (SSSR count). The van der Waals surface area contributed by atoms with Crippen LogP contribution in [0.25, 0.3) is 0 Å². The molecule has 0 heterocycles. The van der Waals surface area contributed by atoms with Gasteiger partial charge in [0.05, 0.1) is 20.5 Å². The number of benzene rings is 2. The molecule has 0 bridgehead atoms. The van der Waals surface area contributed by atoms with Gasteiger partial charge in [-0.2, -0.15) is 0 Å². The Hall–Kier alpha value is -2.20. The number of hydrogen-bond acceptors (Lipinski definition) is 4. The third kappa shape index (κ3) is 4.75. The fourth-order valence-electron chi connectivity index (χ4n) is 1.96. The molecule has 11 heteroatoms. The van der Waals surface area contributed by atoms with Gasteiger partial charge in [-0.25, -0.2) is 17.1 Å². The summed E-state index contributed by atoms with van der Waals surface area (Å²) in [5, 5.41) is -0.355. The zero-order valence-corrected chi connectivity index (χ0v) is 16.4. The molecule has 27 heavy (non-hydrogen) atoms. The van der Waals surface area contributed by atoms with Gasteiger partial charge < -0.3 is 0 Å². The first-order chi connectivity index (χ1) is 12.5. The van der Waals surface area contributed by atoms with Crippen molar-refractivity contribution >= 4 is 45.0 Å². The first-order valence-corrected chi connectivity index (χ1v) is 9.51. The van der Waals surface area contributed by atoms with E-state index in [-0.39, 0.29) is 26.1 Å². The van der Waals surface area contributed by atoms with Gasteiger partial charge in [0.2, 0.25) is 10.0 Å². The molecule has 2 aromatic carbocycles. The Bertz CT molecular complexity index is 1010. The van der Waals surface area contributed by atoms with Crippen LogP contribution in [0.3, 0.4) is 0 Å². The molecule has 0 radical (unpaired) electrons. The maximum Gasteiger partial charge on any atom is 0.271 e. The first kappa shape index (κ1) is 21.1. The minimum absolute atomic E-state index is 0.00777. The number of carbonyl (C=O) groups is 2. The molecule has 0 saturated carbocycles. The normalized spacial score (nSPS) is 11.3. The summed E-state index contributed by atoms with van der Waals surface area (Å²) in [4.78, 5) is 24.1. The molecule has 144 valence electrons. The minimum atomic E-state index is -3.73. The molecule has 7 nitrogen and oxygen atoms in total. The van der Waals surface area contributed by atoms with Gasteiger partial charge in [0, 0.05) is 19.7 Å². The molecule has 0 aromatic heterocycles. The fourth-order valence-corrected chi connectivity index (χ4v) is 3.38. The summed E-state index contributed by atoms with van der Waals surface area (Å²) in [6.45, 7) is 0. The van der Waals surface area contributed by atoms with E-state index < -0.39 is 27.7 Å². The van der Waals surface area contributed by atoms with Crippen molar-refractivity contribution in [3.8, 4) is 0 Å². The number of hydrogen-bond donors (Lipinski definition) is 2. The quantitative estimate of drug-likeness (QED) is 0.571. The van der Waals surface area contributed by atoms with Crippen LogP contribution in [0.1, 0.15) is 20.7 Å². The SMILES string of the molecule is CN(C)S(=O)(=O)c1cccc(C(=O)NNC(=O)c2cc(F)c(Cl)cc2Cl)c1. The van der Waals surface area contributed by atoms with Crippen molar-refractivity contribution in [2.45, 2.75) is 4.90 Å². The van der Waals surface area contributed by atoms with Crippen LogP contribution in [0, 0.1) is 5.82 Å². The second kappa shape index (κ2) is 8.22. The highest BCUT2D eigenvalue weighted by atomic mass is 35.5. The predicted molar refractivity (Wildman–Crippen MR) is 98.7 cm³/mol. The van der Waals surface area contributed by atoms with Crippen molar-refractivity contribution in [1.29, 1.82) is 0 Å². The second-order valence-electron chi connectivity index (χ2n) is 5.47. The van der Waals surface area contributed by atoms with Gasteiger partial charge in [0.15, 0.2) is 0 Å². The highest BCUT2D eigenvalue weighted by Crippen LogP contribution is 2.24. The average molecular weight is 434 g/mol. The van der Waals surface area contributed by atoms with Crippen molar-refractivity contribution in [2.75, 3.05) is 14.1 Å². The van der Waals surface area contributed by atoms with E-state index in [0.29, 0.717) is 0 Å². The van der Waals surface area contributed by atoms with Crippen LogP contribution in [-0.4, -0.2) is 38.6 Å². The van der Waals surface area contributed by atoms with Crippen LogP contribution < -0.4 is 10.9 Å². The highest BCUT2D eigenvalue weighted by Gasteiger charge is 2.19. The number of nitrogens with one attached hydrogen (secondary N) is 2. The van der Waals surface area contributed by atoms with E-state index in [1.807, 2.05) is 0 Å². The Balaban J connectivity index is 2.15. The van der Waals surface area contributed by atoms with Crippen LogP contribution in [0.5, 0.6) is 0 Å². The van der Waals surface area contributed by atoms with Crippen LogP contribution in [0.4, 0.5) is 4.39 Å². The third-order valence-electron chi connectivity index (χ3n) is 3.42. The number of amides is 2. The van der Waals surface area contributed by atoms with Crippen LogP contribution in [0.2, 0.25) is 10.0 Å². The van der Waals surface area contributed by atoms with Crippen LogP contribution in [-0.2, 0) is 10.0 Å². The zero-order chi connectivity index (χ0) is 20.4. The van der Waals surface area contributed by atoms with Crippen molar-refractivity contribution in [1.82, 2.24) is 15.2 Å². The summed E-state index contributed by atoms with van der Waals surface area (Å²) < 4.78 is 38.7. The van der Waals surface area contributed by atoms with Gasteiger partial charge in [0.25, 0.3) is 11.8 Å². The predicted octanol–water partition coefficient (Wildman–Crippen LogP) is 2.46. The van der Waals surface area contributed by atoms with E-state index in [2.05, 4.69) is 10.9 Å².